The number of urea groups is 2. The largest absolute Gasteiger partial charge is 0.508 e. The molecule has 1 aliphatic rings. The van der Waals surface area contributed by atoms with Gasteiger partial charge in [0, 0.05) is 11.6 Å². The number of nitrogens with one attached hydrogen (secondary N) is 3. The number of hydrazone groups is 2. The van der Waals surface area contributed by atoms with Crippen molar-refractivity contribution in [3.8, 4) is 11.5 Å². The molecule has 2 rings (SSSR count). The molecule has 0 saturated heterocycles. The van der Waals surface area contributed by atoms with E-state index >= 15 is 0 Å². The fraction of sp³-hybridized carbons (Fsp3) is 0.167. The van der Waals surface area contributed by atoms with Crippen molar-refractivity contribution in [2.75, 3.05) is 6.54 Å². The quantitative estimate of drug-likeness (QED) is 0.397. The fourth-order valence-corrected chi connectivity index (χ4v) is 1.58. The lowest BCUT2D eigenvalue weighted by Gasteiger charge is -2.25. The van der Waals surface area contributed by atoms with Gasteiger partial charge in [-0.15, -0.1) is 0 Å². The number of benzene rings is 1. The number of carbonyl (C=O) groups excluding carboxylic acids is 2. The first-order valence-corrected chi connectivity index (χ1v) is 6.18. The van der Waals surface area contributed by atoms with Gasteiger partial charge in [-0.3, -0.25) is 0 Å². The van der Waals surface area contributed by atoms with Crippen molar-refractivity contribution in [1.82, 2.24) is 21.3 Å². The molecule has 0 saturated carbocycles. The Morgan fingerprint density at radius 2 is 2.27 bits per heavy atom. The van der Waals surface area contributed by atoms with Gasteiger partial charge in [-0.1, -0.05) is 0 Å². The summed E-state index contributed by atoms with van der Waals surface area (Å²) < 4.78 is 0. The topological polar surface area (TPSA) is 139 Å². The van der Waals surface area contributed by atoms with Crippen LogP contribution in [-0.4, -0.2) is 45.8 Å². The summed E-state index contributed by atoms with van der Waals surface area (Å²) in [6.45, 7) is 1.85. The normalized spacial score (nSPS) is 14.5. The van der Waals surface area contributed by atoms with Gasteiger partial charge in [-0.2, -0.15) is 10.2 Å². The Morgan fingerprint density at radius 1 is 1.50 bits per heavy atom. The second-order valence-corrected chi connectivity index (χ2v) is 4.40. The number of aromatic hydroxyl groups is 2. The average molecular weight is 306 g/mol. The number of amides is 4. The summed E-state index contributed by atoms with van der Waals surface area (Å²) in [6.07, 6.45) is 1.19. The van der Waals surface area contributed by atoms with E-state index < -0.39 is 12.1 Å². The number of hydrazine groups is 1. The lowest BCUT2D eigenvalue weighted by Crippen LogP contribution is -2.55. The molecule has 1 aliphatic heterocycles. The van der Waals surface area contributed by atoms with E-state index in [1.807, 2.05) is 0 Å². The number of hydrogen-bond donors (Lipinski definition) is 5. The molecule has 0 fully saturated rings. The molecule has 10 heteroatoms. The van der Waals surface area contributed by atoms with E-state index in [1.165, 1.54) is 18.3 Å². The van der Waals surface area contributed by atoms with Crippen LogP contribution in [0.1, 0.15) is 12.5 Å². The molecule has 10 nitrogen and oxygen atoms in total. The molecule has 0 radical (unpaired) electrons. The maximum atomic E-state index is 11.6. The zero-order valence-electron chi connectivity index (χ0n) is 11.6. The molecule has 22 heavy (non-hydrogen) atoms. The van der Waals surface area contributed by atoms with Gasteiger partial charge in [0.2, 0.25) is 0 Å². The third-order valence-electron chi connectivity index (χ3n) is 2.59. The molecule has 0 aliphatic carbocycles. The summed E-state index contributed by atoms with van der Waals surface area (Å²) >= 11 is 0. The SMILES string of the molecule is CC1=NNC(=O)N(NC(=O)N/N=C/c2ccc(O)cc2O)C1. The van der Waals surface area contributed by atoms with E-state index in [-0.39, 0.29) is 18.0 Å². The molecule has 0 unspecified atom stereocenters. The monoisotopic (exact) mass is 306 g/mol. The fourth-order valence-electron chi connectivity index (χ4n) is 1.58. The van der Waals surface area contributed by atoms with Crippen LogP contribution >= 0.6 is 0 Å². The van der Waals surface area contributed by atoms with E-state index in [4.69, 9.17) is 5.11 Å². The molecule has 116 valence electrons. The highest BCUT2D eigenvalue weighted by Gasteiger charge is 2.20. The van der Waals surface area contributed by atoms with Crippen molar-refractivity contribution in [2.24, 2.45) is 10.2 Å². The van der Waals surface area contributed by atoms with Crippen molar-refractivity contribution >= 4 is 24.0 Å². The van der Waals surface area contributed by atoms with Gasteiger partial charge in [0.05, 0.1) is 18.5 Å². The van der Waals surface area contributed by atoms with Crippen LogP contribution in [0.15, 0.2) is 28.4 Å². The number of rotatable bonds is 3. The highest BCUT2D eigenvalue weighted by Crippen LogP contribution is 2.20. The van der Waals surface area contributed by atoms with Crippen molar-refractivity contribution in [1.29, 1.82) is 0 Å². The van der Waals surface area contributed by atoms with E-state index in [0.29, 0.717) is 11.3 Å². The second-order valence-electron chi connectivity index (χ2n) is 4.40. The van der Waals surface area contributed by atoms with Crippen molar-refractivity contribution in [3.63, 3.8) is 0 Å². The zero-order chi connectivity index (χ0) is 16.1. The van der Waals surface area contributed by atoms with Gasteiger partial charge in [0.1, 0.15) is 11.5 Å². The van der Waals surface area contributed by atoms with Gasteiger partial charge in [-0.05, 0) is 19.1 Å². The van der Waals surface area contributed by atoms with Gasteiger partial charge in [-0.25, -0.2) is 30.9 Å². The predicted molar refractivity (Wildman–Crippen MR) is 77.4 cm³/mol. The van der Waals surface area contributed by atoms with Crippen LogP contribution < -0.4 is 16.3 Å². The van der Waals surface area contributed by atoms with Crippen LogP contribution in [0.5, 0.6) is 11.5 Å². The van der Waals surface area contributed by atoms with Gasteiger partial charge in [0.15, 0.2) is 0 Å². The Kier molecular flexibility index (Phi) is 4.41. The summed E-state index contributed by atoms with van der Waals surface area (Å²) in [7, 11) is 0. The lowest BCUT2D eigenvalue weighted by molar-refractivity contribution is 0.173. The van der Waals surface area contributed by atoms with Gasteiger partial charge < -0.3 is 10.2 Å². The van der Waals surface area contributed by atoms with Crippen LogP contribution in [0.4, 0.5) is 9.59 Å². The first-order valence-electron chi connectivity index (χ1n) is 6.18. The maximum absolute atomic E-state index is 11.6. The number of phenols is 2. The number of nitrogens with zero attached hydrogens (tertiary/aromatic N) is 3. The second kappa shape index (κ2) is 6.43. The minimum atomic E-state index is -0.737. The molecule has 1 aromatic carbocycles. The first kappa shape index (κ1) is 15.1. The third kappa shape index (κ3) is 3.85. The Hall–Kier alpha value is -3.30. The van der Waals surface area contributed by atoms with Crippen LogP contribution in [0.25, 0.3) is 0 Å². The first-order chi connectivity index (χ1) is 10.5. The van der Waals surface area contributed by atoms with Crippen LogP contribution in [0, 0.1) is 0 Å². The molecule has 0 aromatic heterocycles. The molecule has 0 bridgehead atoms. The Morgan fingerprint density at radius 3 is 3.00 bits per heavy atom. The molecule has 0 spiro atoms. The number of phenolic OH excluding ortho intramolecular Hbond substituents is 2. The van der Waals surface area contributed by atoms with E-state index in [0.717, 1.165) is 11.1 Å². The van der Waals surface area contributed by atoms with Crippen LogP contribution in [-0.2, 0) is 0 Å². The van der Waals surface area contributed by atoms with E-state index in [2.05, 4.69) is 26.5 Å². The Balaban J connectivity index is 1.88. The summed E-state index contributed by atoms with van der Waals surface area (Å²) in [4.78, 5) is 23.0. The van der Waals surface area contributed by atoms with Crippen molar-refractivity contribution in [2.45, 2.75) is 6.92 Å². The standard InChI is InChI=1S/C12H14N6O4/c1-7-6-18(12(22)16-14-7)17-11(21)15-13-5-8-2-3-9(19)4-10(8)20/h2-5,19-20H,6H2,1H3,(H,16,22)(H2,15,17,21)/b13-5+. The summed E-state index contributed by atoms with van der Waals surface area (Å²) in [5.74, 6) is -0.276. The van der Waals surface area contributed by atoms with Gasteiger partial charge in [0.25, 0.3) is 0 Å². The summed E-state index contributed by atoms with van der Waals surface area (Å²) in [6, 6.07) is 2.62. The average Bonchev–Trinajstić information content (AvgIpc) is 2.45. The number of hydrogen-bond acceptors (Lipinski definition) is 6. The van der Waals surface area contributed by atoms with Crippen LogP contribution in [0.2, 0.25) is 0 Å². The molecule has 4 amide bonds. The molecule has 1 heterocycles. The summed E-state index contributed by atoms with van der Waals surface area (Å²) in [5.41, 5.74) is 7.57. The lowest BCUT2D eigenvalue weighted by atomic mass is 10.2. The summed E-state index contributed by atoms with van der Waals surface area (Å²) in [5, 5.41) is 27.0. The molecular formula is C12H14N6O4. The molecule has 1 aromatic rings. The van der Waals surface area contributed by atoms with Gasteiger partial charge >= 0.3 is 12.1 Å². The highest BCUT2D eigenvalue weighted by molar-refractivity contribution is 5.92. The minimum Gasteiger partial charge on any atom is -0.508 e. The number of carbonyl (C=O) groups is 2. The smallest absolute Gasteiger partial charge is 0.356 e. The van der Waals surface area contributed by atoms with Crippen LogP contribution in [0.3, 0.4) is 0 Å². The third-order valence-corrected chi connectivity index (χ3v) is 2.59. The molecule has 5 N–H and O–H groups in total. The van der Waals surface area contributed by atoms with E-state index in [9.17, 15) is 14.7 Å². The minimum absolute atomic E-state index is 0.0894. The molecular weight excluding hydrogens is 292 g/mol. The Labute approximate surface area is 125 Å². The zero-order valence-corrected chi connectivity index (χ0v) is 11.6. The predicted octanol–water partition coefficient (Wildman–Crippen LogP) is 0.0470. The maximum Gasteiger partial charge on any atom is 0.356 e. The van der Waals surface area contributed by atoms with Crippen molar-refractivity contribution < 1.29 is 19.8 Å². The highest BCUT2D eigenvalue weighted by atomic mass is 16.3. The Bertz CT molecular complexity index is 657. The molecule has 0 atom stereocenters. The van der Waals surface area contributed by atoms with E-state index in [1.54, 1.807) is 6.92 Å². The van der Waals surface area contributed by atoms with Crippen molar-refractivity contribution in [3.05, 3.63) is 23.8 Å².